The SMILES string of the molecule is [BH3-][P+]1(OCC[N+]#[C-])OC[C@H]2O[C@@H](n3cnc4c(NC(=O)c5ccccc5)ncnc43)[C@H](OP(=S)(OCCC#N)OC[C@H]3O[C@@H](n4cnc5c(C)ncnc54)[C@H](F)[C@@H]3O1)[C@@H]2F. The van der Waals surface area contributed by atoms with Crippen molar-refractivity contribution >= 4 is 68.0 Å². The lowest BCUT2D eigenvalue weighted by Gasteiger charge is -2.31. The summed E-state index contributed by atoms with van der Waals surface area (Å²) in [4.78, 5) is 42.3. The lowest BCUT2D eigenvalue weighted by atomic mass is 10.1. The molecule has 1 N–H and O–H groups in total. The van der Waals surface area contributed by atoms with Crippen molar-refractivity contribution in [2.75, 3.05) is 38.3 Å². The molecule has 1 amide bonds. The number of carbonyl (C=O) groups excluding carboxylic acids is 1. The molecule has 2 bridgehead atoms. The highest BCUT2D eigenvalue weighted by atomic mass is 32.5. The van der Waals surface area contributed by atoms with Gasteiger partial charge in [-0.2, -0.15) is 5.26 Å². The van der Waals surface area contributed by atoms with E-state index in [0.29, 0.717) is 22.4 Å². The number of nitriles is 1. The molecule has 2 unspecified atom stereocenters. The molecular weight excluding hydrogens is 849 g/mol. The predicted molar refractivity (Wildman–Crippen MR) is 214 cm³/mol. The summed E-state index contributed by atoms with van der Waals surface area (Å²) in [5.41, 5.74) is 2.03. The molecule has 10 atom stereocenters. The van der Waals surface area contributed by atoms with Crippen molar-refractivity contribution < 1.29 is 50.2 Å². The van der Waals surface area contributed by atoms with Crippen LogP contribution in [0.1, 0.15) is 34.9 Å². The third kappa shape index (κ3) is 8.51. The second kappa shape index (κ2) is 17.8. The van der Waals surface area contributed by atoms with Crippen molar-refractivity contribution in [3.8, 4) is 6.07 Å². The summed E-state index contributed by atoms with van der Waals surface area (Å²) in [6.45, 7) is 3.71. The number of halogens is 2. The van der Waals surface area contributed by atoms with E-state index in [0.717, 1.165) is 0 Å². The van der Waals surface area contributed by atoms with Crippen molar-refractivity contribution in [1.29, 1.82) is 5.26 Å². The van der Waals surface area contributed by atoms with E-state index in [-0.39, 0.29) is 43.2 Å². The summed E-state index contributed by atoms with van der Waals surface area (Å²) in [6, 6.07) is 10.5. The summed E-state index contributed by atoms with van der Waals surface area (Å²) in [5, 5.41) is 12.1. The zero-order valence-corrected chi connectivity index (χ0v) is 33.4. The lowest BCUT2D eigenvalue weighted by Crippen LogP contribution is -2.36. The van der Waals surface area contributed by atoms with Crippen LogP contribution in [-0.4, -0.2) is 122 Å². The summed E-state index contributed by atoms with van der Waals surface area (Å²) >= 11 is 5.86. The summed E-state index contributed by atoms with van der Waals surface area (Å²) in [5.74, 6) is -0.363. The topological polar surface area (TPSA) is 218 Å². The second-order valence-electron chi connectivity index (χ2n) is 13.0. The van der Waals surface area contributed by atoms with Gasteiger partial charge in [0.1, 0.15) is 43.1 Å². The van der Waals surface area contributed by atoms with Crippen LogP contribution in [0.15, 0.2) is 55.6 Å². The van der Waals surface area contributed by atoms with Gasteiger partial charge >= 0.3 is 6.72 Å². The molecular formula is C34H36BF2N11O9P2S. The average molecular weight is 886 g/mol. The fourth-order valence-corrected chi connectivity index (χ4v) is 9.72. The van der Waals surface area contributed by atoms with E-state index in [1.807, 2.05) is 6.07 Å². The Morgan fingerprint density at radius 1 is 1.02 bits per heavy atom. The van der Waals surface area contributed by atoms with Gasteiger partial charge in [-0.3, -0.25) is 18.5 Å². The van der Waals surface area contributed by atoms with Gasteiger partial charge < -0.3 is 28.7 Å². The third-order valence-electron chi connectivity index (χ3n) is 9.31. The molecule has 0 spiro atoms. The number of nitrogens with one attached hydrogen (secondary N) is 1. The molecule has 3 fully saturated rings. The van der Waals surface area contributed by atoms with Gasteiger partial charge in [0.2, 0.25) is 21.9 Å². The number of ether oxygens (including phenoxy) is 2. The fourth-order valence-electron chi connectivity index (χ4n) is 6.51. The van der Waals surface area contributed by atoms with Crippen LogP contribution < -0.4 is 5.32 Å². The van der Waals surface area contributed by atoms with Gasteiger partial charge in [-0.05, 0) is 30.9 Å². The monoisotopic (exact) mass is 885 g/mol. The molecule has 0 radical (unpaired) electrons. The van der Waals surface area contributed by atoms with Gasteiger partial charge in [0.15, 0.2) is 60.1 Å². The number of fused-ring (bicyclic) bond motifs is 5. The average Bonchev–Trinajstić information content (AvgIpc) is 4.02. The van der Waals surface area contributed by atoms with E-state index in [1.54, 1.807) is 37.3 Å². The van der Waals surface area contributed by atoms with E-state index in [1.165, 1.54) is 34.4 Å². The van der Waals surface area contributed by atoms with Crippen molar-refractivity contribution in [3.05, 3.63) is 78.3 Å². The van der Waals surface area contributed by atoms with Crippen LogP contribution in [0, 0.1) is 24.8 Å². The van der Waals surface area contributed by atoms with Gasteiger partial charge in [0.05, 0.1) is 44.1 Å². The lowest BCUT2D eigenvalue weighted by molar-refractivity contribution is -0.0630. The second-order valence-corrected chi connectivity index (χ2v) is 17.2. The maximum Gasteiger partial charge on any atom is 0.327 e. The minimum atomic E-state index is -4.04. The number of nitrogens with zero attached hydrogens (tertiary/aromatic N) is 10. The minimum absolute atomic E-state index is 0.0356. The summed E-state index contributed by atoms with van der Waals surface area (Å²) in [6.07, 6.45) is -6.79. The van der Waals surface area contributed by atoms with Crippen LogP contribution in [0.2, 0.25) is 0 Å². The van der Waals surface area contributed by atoms with Crippen LogP contribution in [0.25, 0.3) is 27.2 Å². The molecule has 3 saturated heterocycles. The fraction of sp³-hybridized carbons (Fsp3) is 0.441. The first kappa shape index (κ1) is 42.2. The maximum atomic E-state index is 16.9. The van der Waals surface area contributed by atoms with Crippen LogP contribution in [0.5, 0.6) is 0 Å². The largest absolute Gasteiger partial charge is 0.346 e. The zero-order chi connectivity index (χ0) is 42.0. The molecule has 7 heterocycles. The number of carbonyl (C=O) groups is 1. The molecule has 0 aliphatic carbocycles. The summed E-state index contributed by atoms with van der Waals surface area (Å²) < 4.78 is 86.5. The summed E-state index contributed by atoms with van der Waals surface area (Å²) in [7, 11) is -4.49. The first-order valence-corrected chi connectivity index (χ1v) is 21.6. The molecule has 3 aliphatic heterocycles. The van der Waals surface area contributed by atoms with E-state index in [9.17, 15) is 10.1 Å². The number of imidazole rings is 2. The van der Waals surface area contributed by atoms with E-state index < -0.39 is 90.4 Å². The van der Waals surface area contributed by atoms with Gasteiger partial charge in [0.25, 0.3) is 5.91 Å². The van der Waals surface area contributed by atoms with Crippen molar-refractivity contribution in [3.63, 3.8) is 0 Å². The highest BCUT2D eigenvalue weighted by molar-refractivity contribution is 8.07. The van der Waals surface area contributed by atoms with Crippen LogP contribution >= 0.6 is 14.5 Å². The Morgan fingerprint density at radius 3 is 2.50 bits per heavy atom. The molecule has 3 aliphatic rings. The molecule has 0 saturated carbocycles. The normalized spacial score (nSPS) is 30.8. The standard InChI is InChI=1S/C34H36BF2N11O9P2S/c1-19-25-30(42-15-40-19)47(17-44-25)33-24(37)27-22(55-33)14-53-59(60,51-11-6-9-38)57-28-23(36)21(13-52-58(35,56-27)50-12-10-39-2)54-34(28)48-18-45-26-29(41-16-43-31(26)48)46-32(49)20-7-4-3-5-8-20/h3-5,7-8,15-18,21-24,27-28,33-34H,6,10-14H2,1,35H3,(H,41,43,46,49)/t21-,22-,23-,24-,27-,28-,33-,34-,58?,59?/m1/s1. The van der Waals surface area contributed by atoms with Crippen molar-refractivity contribution in [2.45, 2.75) is 62.6 Å². The van der Waals surface area contributed by atoms with E-state index in [4.69, 9.17) is 55.0 Å². The molecule has 4 aromatic heterocycles. The highest BCUT2D eigenvalue weighted by Crippen LogP contribution is 2.62. The number of hydrogen-bond donors (Lipinski definition) is 1. The number of rotatable bonds is 10. The third-order valence-corrected chi connectivity index (χ3v) is 12.8. The van der Waals surface area contributed by atoms with E-state index in [2.05, 4.69) is 40.1 Å². The Kier molecular flexibility index (Phi) is 12.5. The Hall–Kier alpha value is -4.55. The van der Waals surface area contributed by atoms with Crippen LogP contribution in [0.3, 0.4) is 0 Å². The number of hydrogen-bond acceptors (Lipinski definition) is 17. The first-order valence-electron chi connectivity index (χ1n) is 18.0. The van der Waals surface area contributed by atoms with Crippen LogP contribution in [0.4, 0.5) is 14.6 Å². The molecule has 5 aromatic rings. The molecule has 26 heteroatoms. The number of alkyl halides is 2. The Bertz CT molecular complexity index is 2500. The number of aryl methyl sites for hydroxylation is 1. The van der Waals surface area contributed by atoms with Gasteiger partial charge in [-0.15, -0.1) is 0 Å². The molecule has 20 nitrogen and oxygen atoms in total. The van der Waals surface area contributed by atoms with E-state index >= 15 is 8.78 Å². The molecule has 314 valence electrons. The van der Waals surface area contributed by atoms with Crippen LogP contribution in [-0.2, 0) is 48.4 Å². The van der Waals surface area contributed by atoms with Gasteiger partial charge in [-0.25, -0.2) is 58.8 Å². The number of aromatic nitrogens is 8. The number of anilines is 1. The van der Waals surface area contributed by atoms with Gasteiger partial charge in [-0.1, -0.05) is 18.2 Å². The first-order chi connectivity index (χ1) is 29.0. The molecule has 8 rings (SSSR count). The predicted octanol–water partition coefficient (Wildman–Crippen LogP) is 3.65. The Balaban J connectivity index is 1.14. The maximum absolute atomic E-state index is 16.9. The molecule has 60 heavy (non-hydrogen) atoms. The smallest absolute Gasteiger partial charge is 0.327 e. The minimum Gasteiger partial charge on any atom is -0.346 e. The van der Waals surface area contributed by atoms with Crippen molar-refractivity contribution in [1.82, 2.24) is 39.0 Å². The number of amides is 1. The molecule has 1 aromatic carbocycles. The Labute approximate surface area is 346 Å². The van der Waals surface area contributed by atoms with Crippen molar-refractivity contribution in [2.24, 2.45) is 0 Å². The Morgan fingerprint density at radius 2 is 1.73 bits per heavy atom. The zero-order valence-electron chi connectivity index (χ0n) is 30.8. The quantitative estimate of drug-likeness (QED) is 0.0916. The van der Waals surface area contributed by atoms with Gasteiger partial charge in [0, 0.05) is 5.56 Å². The number of benzene rings is 1. The highest BCUT2D eigenvalue weighted by Gasteiger charge is 2.56.